The molecule has 2 aromatic carbocycles. The monoisotopic (exact) mass is 360 g/mol. The van der Waals surface area contributed by atoms with Crippen LogP contribution >= 0.6 is 11.6 Å². The SMILES string of the molecule is COc1cc(/C=N\Nc2ccc(C)c(Cl)c2)ccc1OCCC(C)C. The summed E-state index contributed by atoms with van der Waals surface area (Å²) in [5.41, 5.74) is 5.76. The second kappa shape index (κ2) is 9.33. The van der Waals surface area contributed by atoms with Crippen LogP contribution in [0.15, 0.2) is 41.5 Å². The molecule has 1 N–H and O–H groups in total. The molecule has 0 aliphatic carbocycles. The van der Waals surface area contributed by atoms with E-state index < -0.39 is 0 Å². The lowest BCUT2D eigenvalue weighted by Crippen LogP contribution is -2.03. The summed E-state index contributed by atoms with van der Waals surface area (Å²) in [4.78, 5) is 0. The predicted octanol–water partition coefficient (Wildman–Crippen LogP) is 5.53. The Bertz CT molecular complexity index is 730. The van der Waals surface area contributed by atoms with E-state index in [2.05, 4.69) is 24.4 Å². The van der Waals surface area contributed by atoms with E-state index >= 15 is 0 Å². The lowest BCUT2D eigenvalue weighted by Gasteiger charge is -2.12. The lowest BCUT2D eigenvalue weighted by molar-refractivity contribution is 0.273. The molecule has 0 aliphatic heterocycles. The Hall–Kier alpha value is -2.20. The minimum atomic E-state index is 0.610. The van der Waals surface area contributed by atoms with Crippen LogP contribution in [-0.4, -0.2) is 19.9 Å². The van der Waals surface area contributed by atoms with Gasteiger partial charge in [-0.2, -0.15) is 5.10 Å². The van der Waals surface area contributed by atoms with Crippen molar-refractivity contribution in [2.45, 2.75) is 27.2 Å². The molecule has 4 nitrogen and oxygen atoms in total. The number of methoxy groups -OCH3 is 1. The molecule has 0 saturated carbocycles. The fraction of sp³-hybridized carbons (Fsp3) is 0.350. The number of rotatable bonds is 8. The van der Waals surface area contributed by atoms with Crippen LogP contribution in [-0.2, 0) is 0 Å². The number of benzene rings is 2. The lowest BCUT2D eigenvalue weighted by atomic mass is 10.1. The van der Waals surface area contributed by atoms with Gasteiger partial charge in [0.05, 0.1) is 25.6 Å². The molecular weight excluding hydrogens is 336 g/mol. The van der Waals surface area contributed by atoms with E-state index in [1.165, 1.54) is 0 Å². The number of hydrazone groups is 1. The van der Waals surface area contributed by atoms with Crippen LogP contribution in [0.2, 0.25) is 5.02 Å². The summed E-state index contributed by atoms with van der Waals surface area (Å²) in [6, 6.07) is 11.5. The molecule has 0 fully saturated rings. The highest BCUT2D eigenvalue weighted by molar-refractivity contribution is 6.31. The highest BCUT2D eigenvalue weighted by atomic mass is 35.5. The second-order valence-corrected chi connectivity index (χ2v) is 6.68. The molecule has 0 heterocycles. The average Bonchev–Trinajstić information content (AvgIpc) is 2.58. The van der Waals surface area contributed by atoms with Crippen molar-refractivity contribution in [3.8, 4) is 11.5 Å². The van der Waals surface area contributed by atoms with Crippen LogP contribution < -0.4 is 14.9 Å². The Balaban J connectivity index is 2.00. The maximum Gasteiger partial charge on any atom is 0.161 e. The Morgan fingerprint density at radius 1 is 1.16 bits per heavy atom. The number of hydrogen-bond acceptors (Lipinski definition) is 4. The number of ether oxygens (including phenoxy) is 2. The van der Waals surface area contributed by atoms with Crippen LogP contribution in [0.1, 0.15) is 31.4 Å². The number of aryl methyl sites for hydroxylation is 1. The van der Waals surface area contributed by atoms with E-state index in [9.17, 15) is 0 Å². The normalized spacial score (nSPS) is 11.1. The quantitative estimate of drug-likeness (QED) is 0.497. The Kier molecular flexibility index (Phi) is 7.14. The minimum absolute atomic E-state index is 0.610. The van der Waals surface area contributed by atoms with Gasteiger partial charge in [0, 0.05) is 5.02 Å². The summed E-state index contributed by atoms with van der Waals surface area (Å²) in [5, 5.41) is 4.96. The summed E-state index contributed by atoms with van der Waals surface area (Å²) in [6.07, 6.45) is 2.74. The first-order valence-electron chi connectivity index (χ1n) is 8.35. The van der Waals surface area contributed by atoms with Gasteiger partial charge >= 0.3 is 0 Å². The molecular formula is C20H25ClN2O2. The molecule has 2 rings (SSSR count). The zero-order valence-electron chi connectivity index (χ0n) is 15.2. The van der Waals surface area contributed by atoms with Gasteiger partial charge in [-0.3, -0.25) is 5.43 Å². The highest BCUT2D eigenvalue weighted by Crippen LogP contribution is 2.28. The first-order chi connectivity index (χ1) is 12.0. The molecule has 5 heteroatoms. The molecule has 0 saturated heterocycles. The fourth-order valence-corrected chi connectivity index (χ4v) is 2.31. The molecule has 0 aliphatic rings. The summed E-state index contributed by atoms with van der Waals surface area (Å²) in [5.74, 6) is 2.06. The zero-order valence-corrected chi connectivity index (χ0v) is 15.9. The van der Waals surface area contributed by atoms with E-state index in [4.69, 9.17) is 21.1 Å². The molecule has 0 atom stereocenters. The number of nitrogens with zero attached hydrogens (tertiary/aromatic N) is 1. The summed E-state index contributed by atoms with van der Waals surface area (Å²) in [7, 11) is 1.64. The van der Waals surface area contributed by atoms with Crippen molar-refractivity contribution in [2.75, 3.05) is 19.1 Å². The molecule has 2 aromatic rings. The van der Waals surface area contributed by atoms with Crippen molar-refractivity contribution in [3.63, 3.8) is 0 Å². The molecule has 0 amide bonds. The van der Waals surface area contributed by atoms with Crippen LogP contribution in [0.3, 0.4) is 0 Å². The van der Waals surface area contributed by atoms with E-state index in [1.54, 1.807) is 13.3 Å². The van der Waals surface area contributed by atoms with Crippen LogP contribution in [0.5, 0.6) is 11.5 Å². The van der Waals surface area contributed by atoms with Crippen LogP contribution in [0.4, 0.5) is 5.69 Å². The van der Waals surface area contributed by atoms with Gasteiger partial charge in [0.1, 0.15) is 0 Å². The summed E-state index contributed by atoms with van der Waals surface area (Å²) >= 11 is 6.11. The van der Waals surface area contributed by atoms with Gasteiger partial charge in [-0.1, -0.05) is 31.5 Å². The van der Waals surface area contributed by atoms with Crippen molar-refractivity contribution < 1.29 is 9.47 Å². The van der Waals surface area contributed by atoms with E-state index in [1.807, 2.05) is 43.3 Å². The average molecular weight is 361 g/mol. The van der Waals surface area contributed by atoms with E-state index in [0.29, 0.717) is 23.3 Å². The number of anilines is 1. The van der Waals surface area contributed by atoms with Gasteiger partial charge in [-0.05, 0) is 60.7 Å². The van der Waals surface area contributed by atoms with Gasteiger partial charge in [0.25, 0.3) is 0 Å². The smallest absolute Gasteiger partial charge is 0.161 e. The third-order valence-corrected chi connectivity index (χ3v) is 4.13. The topological polar surface area (TPSA) is 42.8 Å². The van der Waals surface area contributed by atoms with Gasteiger partial charge < -0.3 is 9.47 Å². The standard InChI is InChI=1S/C20H25ClN2O2/c1-14(2)9-10-25-19-8-6-16(11-20(19)24-4)13-22-23-17-7-5-15(3)18(21)12-17/h5-8,11-14,23H,9-10H2,1-4H3/b22-13-. The van der Waals surface area contributed by atoms with Crippen LogP contribution in [0, 0.1) is 12.8 Å². The first-order valence-corrected chi connectivity index (χ1v) is 8.73. The van der Waals surface area contributed by atoms with Crippen molar-refractivity contribution in [3.05, 3.63) is 52.5 Å². The second-order valence-electron chi connectivity index (χ2n) is 6.28. The van der Waals surface area contributed by atoms with Crippen molar-refractivity contribution in [2.24, 2.45) is 11.0 Å². The Morgan fingerprint density at radius 2 is 1.96 bits per heavy atom. The molecule has 0 bridgehead atoms. The van der Waals surface area contributed by atoms with Crippen molar-refractivity contribution in [1.82, 2.24) is 0 Å². The first kappa shape index (κ1) is 19.1. The molecule has 0 unspecified atom stereocenters. The van der Waals surface area contributed by atoms with E-state index in [0.717, 1.165) is 29.0 Å². The molecule has 0 spiro atoms. The number of halogens is 1. The molecule has 25 heavy (non-hydrogen) atoms. The largest absolute Gasteiger partial charge is 0.493 e. The van der Waals surface area contributed by atoms with Gasteiger partial charge in [0.2, 0.25) is 0 Å². The summed E-state index contributed by atoms with van der Waals surface area (Å²) < 4.78 is 11.2. The predicted molar refractivity (Wildman–Crippen MR) is 105 cm³/mol. The van der Waals surface area contributed by atoms with Gasteiger partial charge in [-0.15, -0.1) is 0 Å². The number of nitrogens with one attached hydrogen (secondary N) is 1. The van der Waals surface area contributed by atoms with Crippen molar-refractivity contribution >= 4 is 23.5 Å². The fourth-order valence-electron chi connectivity index (χ4n) is 2.13. The molecule has 0 radical (unpaired) electrons. The minimum Gasteiger partial charge on any atom is -0.493 e. The van der Waals surface area contributed by atoms with Crippen LogP contribution in [0.25, 0.3) is 0 Å². The number of hydrogen-bond donors (Lipinski definition) is 1. The highest BCUT2D eigenvalue weighted by Gasteiger charge is 2.05. The third kappa shape index (κ3) is 5.98. The summed E-state index contributed by atoms with van der Waals surface area (Å²) in [6.45, 7) is 6.99. The van der Waals surface area contributed by atoms with Gasteiger partial charge in [-0.25, -0.2) is 0 Å². The van der Waals surface area contributed by atoms with Gasteiger partial charge in [0.15, 0.2) is 11.5 Å². The maximum atomic E-state index is 6.11. The third-order valence-electron chi connectivity index (χ3n) is 3.72. The Labute approximate surface area is 154 Å². The maximum absolute atomic E-state index is 6.11. The Morgan fingerprint density at radius 3 is 2.64 bits per heavy atom. The zero-order chi connectivity index (χ0) is 18.2. The molecule has 0 aromatic heterocycles. The van der Waals surface area contributed by atoms with Crippen molar-refractivity contribution in [1.29, 1.82) is 0 Å². The molecule has 134 valence electrons. The van der Waals surface area contributed by atoms with E-state index in [-0.39, 0.29) is 0 Å².